The molecule has 1 aromatic carbocycles. The number of benzene rings is 1. The molecule has 2 heterocycles. The van der Waals surface area contributed by atoms with Crippen LogP contribution in [0, 0.1) is 6.92 Å². The van der Waals surface area contributed by atoms with Crippen LogP contribution in [0.4, 0.5) is 0 Å². The first kappa shape index (κ1) is 17.9. The Kier molecular flexibility index (Phi) is 3.86. The second kappa shape index (κ2) is 6.03. The number of primary amides is 1. The predicted octanol–water partition coefficient (Wildman–Crippen LogP) is 1.11. The summed E-state index contributed by atoms with van der Waals surface area (Å²) >= 11 is 0. The number of nitrogens with two attached hydrogens (primary N) is 2. The average molecular weight is 381 g/mol. The van der Waals surface area contributed by atoms with E-state index in [1.54, 1.807) is 19.1 Å². The van der Waals surface area contributed by atoms with Crippen molar-refractivity contribution in [3.63, 3.8) is 0 Å². The number of carboxylic acids is 1. The zero-order chi connectivity index (χ0) is 20.2. The van der Waals surface area contributed by atoms with Gasteiger partial charge in [0.2, 0.25) is 5.91 Å². The molecule has 0 atom stereocenters. The van der Waals surface area contributed by atoms with Crippen molar-refractivity contribution in [2.45, 2.75) is 31.3 Å². The number of amides is 1. The molecule has 144 valence electrons. The molecule has 1 saturated carbocycles. The molecule has 2 aromatic heterocycles. The Labute approximate surface area is 159 Å². The summed E-state index contributed by atoms with van der Waals surface area (Å²) in [6, 6.07) is 7.50. The van der Waals surface area contributed by atoms with Gasteiger partial charge < -0.3 is 21.7 Å². The van der Waals surface area contributed by atoms with Gasteiger partial charge in [-0.1, -0.05) is 0 Å². The number of aromatic carboxylic acids is 1. The summed E-state index contributed by atoms with van der Waals surface area (Å²) in [5.41, 5.74) is 12.2. The predicted molar refractivity (Wildman–Crippen MR) is 101 cm³/mol. The number of hydrogen-bond acceptors (Lipinski definition) is 6. The van der Waals surface area contributed by atoms with E-state index < -0.39 is 17.4 Å². The molecule has 1 amide bonds. The molecule has 6 N–H and O–H groups in total. The molecule has 1 fully saturated rings. The summed E-state index contributed by atoms with van der Waals surface area (Å²) < 4.78 is 1.43. The summed E-state index contributed by atoms with van der Waals surface area (Å²) in [5, 5.41) is 24.0. The highest BCUT2D eigenvalue weighted by Crippen LogP contribution is 2.41. The molecule has 4 rings (SSSR count). The summed E-state index contributed by atoms with van der Waals surface area (Å²) in [5.74, 6) is -1.62. The standard InChI is InChI=1S/C19H19N5O4/c1-9-15-13(17(26)27)6-14(10-2-4-12(25)5-3-10)22-16(15)24(23-9)19(18(21)28)7-11(20)8-19/h2-6,11,25H,7-8,20H2,1H3,(H2,21,28)(H,26,27). The van der Waals surface area contributed by atoms with Crippen molar-refractivity contribution in [1.82, 2.24) is 14.8 Å². The van der Waals surface area contributed by atoms with E-state index in [2.05, 4.69) is 10.1 Å². The van der Waals surface area contributed by atoms with Gasteiger partial charge in [-0.15, -0.1) is 0 Å². The van der Waals surface area contributed by atoms with E-state index in [1.165, 1.54) is 22.9 Å². The molecule has 1 aliphatic carbocycles. The van der Waals surface area contributed by atoms with E-state index in [4.69, 9.17) is 11.5 Å². The summed E-state index contributed by atoms with van der Waals surface area (Å²) in [4.78, 5) is 28.8. The van der Waals surface area contributed by atoms with Crippen LogP contribution in [0.2, 0.25) is 0 Å². The van der Waals surface area contributed by atoms with Crippen LogP contribution in [0.15, 0.2) is 30.3 Å². The largest absolute Gasteiger partial charge is 0.508 e. The average Bonchev–Trinajstić information content (AvgIpc) is 2.95. The minimum Gasteiger partial charge on any atom is -0.508 e. The number of carboxylic acid groups (broad SMARTS) is 1. The quantitative estimate of drug-likeness (QED) is 0.527. The van der Waals surface area contributed by atoms with Crippen LogP contribution in [-0.4, -0.2) is 42.9 Å². The maximum absolute atomic E-state index is 12.2. The second-order valence-electron chi connectivity index (χ2n) is 7.17. The van der Waals surface area contributed by atoms with Gasteiger partial charge in [-0.25, -0.2) is 14.5 Å². The van der Waals surface area contributed by atoms with E-state index in [1.807, 2.05) is 0 Å². The summed E-state index contributed by atoms with van der Waals surface area (Å²) in [6.07, 6.45) is 0.623. The number of hydrogen-bond donors (Lipinski definition) is 4. The topological polar surface area (TPSA) is 157 Å². The Bertz CT molecular complexity index is 1110. The SMILES string of the molecule is Cc1nn(C2(C(N)=O)CC(N)C2)c2nc(-c3ccc(O)cc3)cc(C(=O)O)c12. The molecular formula is C19H19N5O4. The molecule has 0 unspecified atom stereocenters. The van der Waals surface area contributed by atoms with Crippen molar-refractivity contribution in [3.8, 4) is 17.0 Å². The van der Waals surface area contributed by atoms with E-state index >= 15 is 0 Å². The van der Waals surface area contributed by atoms with Gasteiger partial charge >= 0.3 is 5.97 Å². The minimum absolute atomic E-state index is 0.0278. The third-order valence-electron chi connectivity index (χ3n) is 5.27. The van der Waals surface area contributed by atoms with Crippen LogP contribution >= 0.6 is 0 Å². The first-order valence-corrected chi connectivity index (χ1v) is 8.72. The fraction of sp³-hybridized carbons (Fsp3) is 0.263. The van der Waals surface area contributed by atoms with Crippen molar-refractivity contribution in [1.29, 1.82) is 0 Å². The molecule has 0 bridgehead atoms. The Morgan fingerprint density at radius 1 is 1.25 bits per heavy atom. The molecule has 28 heavy (non-hydrogen) atoms. The highest BCUT2D eigenvalue weighted by atomic mass is 16.4. The van der Waals surface area contributed by atoms with Gasteiger partial charge in [-0.05, 0) is 50.1 Å². The normalized spacial score (nSPS) is 21.4. The van der Waals surface area contributed by atoms with Crippen molar-refractivity contribution in [2.24, 2.45) is 11.5 Å². The molecule has 0 saturated heterocycles. The number of aromatic nitrogens is 3. The first-order valence-electron chi connectivity index (χ1n) is 8.72. The Hall–Kier alpha value is -3.46. The minimum atomic E-state index is -1.13. The molecule has 9 heteroatoms. The van der Waals surface area contributed by atoms with Crippen LogP contribution in [0.1, 0.15) is 28.9 Å². The van der Waals surface area contributed by atoms with Crippen molar-refractivity contribution >= 4 is 22.9 Å². The first-order chi connectivity index (χ1) is 13.2. The molecule has 0 aliphatic heterocycles. The lowest BCUT2D eigenvalue weighted by Crippen LogP contribution is -2.60. The van der Waals surface area contributed by atoms with Crippen LogP contribution in [-0.2, 0) is 10.3 Å². The van der Waals surface area contributed by atoms with Crippen molar-refractivity contribution in [3.05, 3.63) is 41.6 Å². The van der Waals surface area contributed by atoms with Gasteiger partial charge in [0.25, 0.3) is 0 Å². The Balaban J connectivity index is 2.02. The van der Waals surface area contributed by atoms with E-state index in [0.717, 1.165) is 0 Å². The van der Waals surface area contributed by atoms with Crippen LogP contribution < -0.4 is 11.5 Å². The maximum Gasteiger partial charge on any atom is 0.336 e. The van der Waals surface area contributed by atoms with Crippen LogP contribution in [0.25, 0.3) is 22.3 Å². The fourth-order valence-electron chi connectivity index (χ4n) is 3.82. The number of aromatic hydroxyl groups is 1. The third kappa shape index (κ3) is 2.51. The monoisotopic (exact) mass is 381 g/mol. The number of phenols is 1. The highest BCUT2D eigenvalue weighted by Gasteiger charge is 2.51. The Morgan fingerprint density at radius 3 is 2.43 bits per heavy atom. The number of rotatable bonds is 4. The number of fused-ring (bicyclic) bond motifs is 1. The molecule has 9 nitrogen and oxygen atoms in total. The third-order valence-corrected chi connectivity index (χ3v) is 5.27. The molecule has 0 radical (unpaired) electrons. The highest BCUT2D eigenvalue weighted by molar-refractivity contribution is 6.04. The number of carbonyl (C=O) groups excluding carboxylic acids is 1. The van der Waals surface area contributed by atoms with Gasteiger partial charge in [0.15, 0.2) is 5.65 Å². The summed E-state index contributed by atoms with van der Waals surface area (Å²) in [6.45, 7) is 1.67. The smallest absolute Gasteiger partial charge is 0.336 e. The summed E-state index contributed by atoms with van der Waals surface area (Å²) in [7, 11) is 0. The van der Waals surface area contributed by atoms with E-state index in [-0.39, 0.29) is 23.0 Å². The van der Waals surface area contributed by atoms with Crippen LogP contribution in [0.3, 0.4) is 0 Å². The number of pyridine rings is 1. The van der Waals surface area contributed by atoms with Gasteiger partial charge in [0, 0.05) is 11.6 Å². The lowest BCUT2D eigenvalue weighted by Gasteiger charge is -2.43. The Morgan fingerprint density at radius 2 is 1.89 bits per heavy atom. The second-order valence-corrected chi connectivity index (χ2v) is 7.17. The maximum atomic E-state index is 12.2. The fourth-order valence-corrected chi connectivity index (χ4v) is 3.82. The zero-order valence-corrected chi connectivity index (χ0v) is 15.1. The number of phenolic OH excluding ortho intramolecular Hbond substituents is 1. The number of carbonyl (C=O) groups is 2. The molecule has 1 aliphatic rings. The van der Waals surface area contributed by atoms with E-state index in [0.29, 0.717) is 35.2 Å². The van der Waals surface area contributed by atoms with Crippen molar-refractivity contribution < 1.29 is 19.8 Å². The molecule has 0 spiro atoms. The lowest BCUT2D eigenvalue weighted by atomic mass is 9.72. The van der Waals surface area contributed by atoms with Gasteiger partial charge in [-0.2, -0.15) is 5.10 Å². The van der Waals surface area contributed by atoms with Crippen molar-refractivity contribution in [2.75, 3.05) is 0 Å². The number of aryl methyl sites for hydroxylation is 1. The molecule has 3 aromatic rings. The number of nitrogens with zero attached hydrogens (tertiary/aromatic N) is 3. The van der Waals surface area contributed by atoms with Gasteiger partial charge in [0.1, 0.15) is 11.3 Å². The van der Waals surface area contributed by atoms with E-state index in [9.17, 15) is 19.8 Å². The zero-order valence-electron chi connectivity index (χ0n) is 15.1. The van der Waals surface area contributed by atoms with Crippen LogP contribution in [0.5, 0.6) is 5.75 Å². The molecular weight excluding hydrogens is 362 g/mol. The van der Waals surface area contributed by atoms with Gasteiger partial charge in [0.05, 0.1) is 22.3 Å². The lowest BCUT2D eigenvalue weighted by molar-refractivity contribution is -0.132. The van der Waals surface area contributed by atoms with Gasteiger partial charge in [-0.3, -0.25) is 4.79 Å².